The number of carbonyl (C=O) groups is 2. The van der Waals surface area contributed by atoms with Crippen molar-refractivity contribution in [1.82, 2.24) is 15.5 Å². The zero-order chi connectivity index (χ0) is 12.4. The smallest absolute Gasteiger partial charge is 0.321 e. The van der Waals surface area contributed by atoms with E-state index in [4.69, 9.17) is 5.73 Å². The van der Waals surface area contributed by atoms with Crippen LogP contribution < -0.4 is 16.4 Å². The first-order chi connectivity index (χ1) is 7.60. The largest absolute Gasteiger partial charge is 0.334 e. The Bertz CT molecular complexity index is 243. The van der Waals surface area contributed by atoms with Crippen LogP contribution in [0.15, 0.2) is 12.7 Å². The number of nitrogens with two attached hydrogens (primary N) is 1. The summed E-state index contributed by atoms with van der Waals surface area (Å²) in [5.41, 5.74) is 5.34. The molecule has 92 valence electrons. The van der Waals surface area contributed by atoms with Crippen LogP contribution in [0.4, 0.5) is 4.79 Å². The molecule has 6 nitrogen and oxygen atoms in total. The molecule has 0 spiro atoms. The van der Waals surface area contributed by atoms with E-state index in [1.807, 2.05) is 4.90 Å². The molecule has 0 aliphatic rings. The van der Waals surface area contributed by atoms with Gasteiger partial charge in [-0.05, 0) is 26.6 Å². The molecular weight excluding hydrogens is 208 g/mol. The van der Waals surface area contributed by atoms with Gasteiger partial charge in [0.15, 0.2) is 0 Å². The minimum absolute atomic E-state index is 0.182. The molecule has 0 saturated carbocycles. The van der Waals surface area contributed by atoms with Gasteiger partial charge in [0, 0.05) is 6.54 Å². The highest BCUT2D eigenvalue weighted by atomic mass is 16.2. The van der Waals surface area contributed by atoms with Crippen LogP contribution in [0, 0.1) is 0 Å². The first kappa shape index (κ1) is 14.6. The van der Waals surface area contributed by atoms with Gasteiger partial charge in [-0.25, -0.2) is 4.79 Å². The summed E-state index contributed by atoms with van der Waals surface area (Å²) in [7, 11) is 1.80. The Labute approximate surface area is 95.9 Å². The summed E-state index contributed by atoms with van der Waals surface area (Å²) in [4.78, 5) is 24.2. The van der Waals surface area contributed by atoms with Crippen molar-refractivity contribution in [2.24, 2.45) is 5.73 Å². The monoisotopic (exact) mass is 228 g/mol. The zero-order valence-electron chi connectivity index (χ0n) is 9.66. The predicted octanol–water partition coefficient (Wildman–Crippen LogP) is -0.721. The van der Waals surface area contributed by atoms with Gasteiger partial charge in [-0.2, -0.15) is 0 Å². The van der Waals surface area contributed by atoms with Crippen molar-refractivity contribution < 1.29 is 9.59 Å². The highest BCUT2D eigenvalue weighted by molar-refractivity contribution is 5.95. The lowest BCUT2D eigenvalue weighted by Crippen LogP contribution is -2.44. The van der Waals surface area contributed by atoms with E-state index in [1.54, 1.807) is 7.05 Å². The van der Waals surface area contributed by atoms with E-state index < -0.39 is 6.03 Å². The molecule has 0 radical (unpaired) electrons. The fourth-order valence-electron chi connectivity index (χ4n) is 1.06. The number of likely N-dealkylation sites (N-methyl/N-ethyl adjacent to an activating group) is 1. The van der Waals surface area contributed by atoms with Crippen molar-refractivity contribution in [2.75, 3.05) is 33.2 Å². The maximum Gasteiger partial charge on any atom is 0.321 e. The Morgan fingerprint density at radius 1 is 1.50 bits per heavy atom. The molecule has 4 N–H and O–H groups in total. The van der Waals surface area contributed by atoms with Crippen LogP contribution in [0.5, 0.6) is 0 Å². The van der Waals surface area contributed by atoms with Gasteiger partial charge in [0.05, 0.1) is 6.54 Å². The van der Waals surface area contributed by atoms with E-state index in [1.165, 1.54) is 6.08 Å². The average molecular weight is 228 g/mol. The van der Waals surface area contributed by atoms with Gasteiger partial charge in [-0.3, -0.25) is 15.0 Å². The molecule has 0 atom stereocenters. The molecule has 0 unspecified atom stereocenters. The van der Waals surface area contributed by atoms with Crippen LogP contribution in [0.2, 0.25) is 0 Å². The normalized spacial score (nSPS) is 9.94. The molecule has 3 amide bonds. The lowest BCUT2D eigenvalue weighted by molar-refractivity contribution is -0.120. The summed E-state index contributed by atoms with van der Waals surface area (Å²) < 4.78 is 0. The van der Waals surface area contributed by atoms with Gasteiger partial charge in [0.2, 0.25) is 5.91 Å². The molecule has 0 aromatic carbocycles. The minimum Gasteiger partial charge on any atom is -0.334 e. The Balaban J connectivity index is 3.71. The first-order valence-electron chi connectivity index (χ1n) is 5.17. The van der Waals surface area contributed by atoms with E-state index in [-0.39, 0.29) is 12.5 Å². The van der Waals surface area contributed by atoms with Gasteiger partial charge in [0.1, 0.15) is 0 Å². The first-order valence-corrected chi connectivity index (χ1v) is 5.17. The number of imide groups is 1. The van der Waals surface area contributed by atoms with Crippen LogP contribution in [0.1, 0.15) is 6.42 Å². The lowest BCUT2D eigenvalue weighted by Gasteiger charge is -2.15. The van der Waals surface area contributed by atoms with Gasteiger partial charge >= 0.3 is 6.03 Å². The lowest BCUT2D eigenvalue weighted by atomic mass is 10.4. The number of carbonyl (C=O) groups excluding carboxylic acids is 2. The quantitative estimate of drug-likeness (QED) is 0.502. The summed E-state index contributed by atoms with van der Waals surface area (Å²) in [5.74, 6) is -0.332. The third kappa shape index (κ3) is 7.95. The van der Waals surface area contributed by atoms with Crippen molar-refractivity contribution in [3.8, 4) is 0 Å². The van der Waals surface area contributed by atoms with Crippen molar-refractivity contribution in [2.45, 2.75) is 6.42 Å². The van der Waals surface area contributed by atoms with Gasteiger partial charge in [0.25, 0.3) is 0 Å². The van der Waals surface area contributed by atoms with Crippen molar-refractivity contribution >= 4 is 11.9 Å². The summed E-state index contributed by atoms with van der Waals surface area (Å²) in [6, 6.07) is -0.503. The molecule has 0 rings (SSSR count). The number of hydrogen-bond acceptors (Lipinski definition) is 4. The van der Waals surface area contributed by atoms with Gasteiger partial charge < -0.3 is 11.1 Å². The fraction of sp³-hybridized carbons (Fsp3) is 0.600. The second-order valence-electron chi connectivity index (χ2n) is 3.43. The molecule has 0 aromatic heterocycles. The highest BCUT2D eigenvalue weighted by Gasteiger charge is 2.08. The molecule has 0 fully saturated rings. The average Bonchev–Trinajstić information content (AvgIpc) is 2.23. The van der Waals surface area contributed by atoms with Crippen molar-refractivity contribution in [1.29, 1.82) is 0 Å². The summed E-state index contributed by atoms with van der Waals surface area (Å²) in [6.45, 7) is 5.29. The third-order valence-corrected chi connectivity index (χ3v) is 1.82. The van der Waals surface area contributed by atoms with Crippen molar-refractivity contribution in [3.63, 3.8) is 0 Å². The molecule has 0 saturated heterocycles. The Hall–Kier alpha value is -1.40. The standard InChI is InChI=1S/C10H20N4O2/c1-3-6-12-10(16)13-9(15)8-14(2)7-4-5-11/h3H,1,4-8,11H2,2H3,(H2,12,13,15,16). The van der Waals surface area contributed by atoms with Crippen LogP contribution in [-0.2, 0) is 4.79 Å². The van der Waals surface area contributed by atoms with E-state index in [9.17, 15) is 9.59 Å². The maximum atomic E-state index is 11.3. The van der Waals surface area contributed by atoms with Crippen LogP contribution in [-0.4, -0.2) is 50.1 Å². The predicted molar refractivity (Wildman–Crippen MR) is 62.9 cm³/mol. The summed E-state index contributed by atoms with van der Waals surface area (Å²) >= 11 is 0. The summed E-state index contributed by atoms with van der Waals surface area (Å²) in [6.07, 6.45) is 2.36. The number of nitrogens with zero attached hydrogens (tertiary/aromatic N) is 1. The summed E-state index contributed by atoms with van der Waals surface area (Å²) in [5, 5.41) is 4.66. The second kappa shape index (κ2) is 8.87. The molecule has 16 heavy (non-hydrogen) atoms. The molecule has 0 heterocycles. The minimum atomic E-state index is -0.503. The van der Waals surface area contributed by atoms with Crippen molar-refractivity contribution in [3.05, 3.63) is 12.7 Å². The number of hydrogen-bond donors (Lipinski definition) is 3. The fourth-order valence-corrected chi connectivity index (χ4v) is 1.06. The third-order valence-electron chi connectivity index (χ3n) is 1.82. The second-order valence-corrected chi connectivity index (χ2v) is 3.43. The Morgan fingerprint density at radius 2 is 2.19 bits per heavy atom. The topological polar surface area (TPSA) is 87.5 Å². The van der Waals surface area contributed by atoms with Crippen LogP contribution in [0.3, 0.4) is 0 Å². The Kier molecular flexibility index (Phi) is 8.10. The van der Waals surface area contributed by atoms with Crippen LogP contribution >= 0.6 is 0 Å². The molecule has 0 aromatic rings. The Morgan fingerprint density at radius 3 is 2.75 bits per heavy atom. The number of amides is 3. The van der Waals surface area contributed by atoms with E-state index in [0.717, 1.165) is 13.0 Å². The van der Waals surface area contributed by atoms with E-state index in [2.05, 4.69) is 17.2 Å². The number of rotatable bonds is 7. The zero-order valence-corrected chi connectivity index (χ0v) is 9.66. The number of nitrogens with one attached hydrogen (secondary N) is 2. The molecule has 0 bridgehead atoms. The molecule has 6 heteroatoms. The maximum absolute atomic E-state index is 11.3. The van der Waals surface area contributed by atoms with Gasteiger partial charge in [-0.1, -0.05) is 6.08 Å². The SMILES string of the molecule is C=CCNC(=O)NC(=O)CN(C)CCCN. The molecule has 0 aliphatic heterocycles. The molecular formula is C10H20N4O2. The van der Waals surface area contributed by atoms with Gasteiger partial charge in [-0.15, -0.1) is 6.58 Å². The number of urea groups is 1. The highest BCUT2D eigenvalue weighted by Crippen LogP contribution is 1.85. The van der Waals surface area contributed by atoms with E-state index >= 15 is 0 Å². The van der Waals surface area contributed by atoms with E-state index in [0.29, 0.717) is 13.1 Å². The molecule has 0 aliphatic carbocycles. The van der Waals surface area contributed by atoms with Crippen LogP contribution in [0.25, 0.3) is 0 Å².